The molecule has 0 aliphatic carbocycles. The molecule has 0 spiro atoms. The Morgan fingerprint density at radius 2 is 1.90 bits per heavy atom. The molecule has 21 heavy (non-hydrogen) atoms. The SMILES string of the molecule is Cl.N#Cc1cc(C(=N)N)ccc1OCc1ccc(Br)cc1. The third-order valence-electron chi connectivity index (χ3n) is 2.72. The molecule has 0 radical (unpaired) electrons. The molecule has 0 fully saturated rings. The highest BCUT2D eigenvalue weighted by Crippen LogP contribution is 2.21. The summed E-state index contributed by atoms with van der Waals surface area (Å²) in [7, 11) is 0. The minimum Gasteiger partial charge on any atom is -0.488 e. The van der Waals surface area contributed by atoms with Crippen molar-refractivity contribution in [2.75, 3.05) is 0 Å². The van der Waals surface area contributed by atoms with Crippen molar-refractivity contribution in [3.05, 3.63) is 63.6 Å². The summed E-state index contributed by atoms with van der Waals surface area (Å²) in [5.74, 6) is 0.418. The number of nitrogens with two attached hydrogens (primary N) is 1. The maximum atomic E-state index is 9.11. The molecule has 6 heteroatoms. The Kier molecular flexibility index (Phi) is 6.22. The van der Waals surface area contributed by atoms with Gasteiger partial charge < -0.3 is 10.5 Å². The molecule has 0 aromatic heterocycles. The van der Waals surface area contributed by atoms with Gasteiger partial charge in [0.25, 0.3) is 0 Å². The fourth-order valence-corrected chi connectivity index (χ4v) is 1.92. The van der Waals surface area contributed by atoms with Crippen LogP contribution in [0.3, 0.4) is 0 Å². The van der Waals surface area contributed by atoms with Gasteiger partial charge in [0.2, 0.25) is 0 Å². The van der Waals surface area contributed by atoms with Gasteiger partial charge >= 0.3 is 0 Å². The number of nitriles is 1. The quantitative estimate of drug-likeness (QED) is 0.640. The van der Waals surface area contributed by atoms with E-state index in [-0.39, 0.29) is 18.2 Å². The van der Waals surface area contributed by atoms with Crippen LogP contribution >= 0.6 is 28.3 Å². The van der Waals surface area contributed by atoms with E-state index >= 15 is 0 Å². The van der Waals surface area contributed by atoms with Gasteiger partial charge in [-0.25, -0.2) is 0 Å². The van der Waals surface area contributed by atoms with Crippen LogP contribution in [0.5, 0.6) is 5.75 Å². The van der Waals surface area contributed by atoms with Crippen molar-refractivity contribution in [2.45, 2.75) is 6.61 Å². The average Bonchev–Trinajstić information content (AvgIpc) is 2.46. The minimum absolute atomic E-state index is 0. The first-order valence-corrected chi connectivity index (χ1v) is 6.65. The number of hydrogen-bond donors (Lipinski definition) is 2. The fraction of sp³-hybridized carbons (Fsp3) is 0.0667. The summed E-state index contributed by atoms with van der Waals surface area (Å²) in [6.07, 6.45) is 0. The Bertz CT molecular complexity index is 680. The van der Waals surface area contributed by atoms with E-state index in [0.29, 0.717) is 23.5 Å². The number of nitrogens with one attached hydrogen (secondary N) is 1. The van der Waals surface area contributed by atoms with Gasteiger partial charge in [0.1, 0.15) is 24.3 Å². The molecule has 0 heterocycles. The van der Waals surface area contributed by atoms with Crippen LogP contribution < -0.4 is 10.5 Å². The Balaban J connectivity index is 0.00000220. The van der Waals surface area contributed by atoms with Gasteiger partial charge in [-0.15, -0.1) is 12.4 Å². The van der Waals surface area contributed by atoms with Gasteiger partial charge in [0, 0.05) is 10.0 Å². The largest absolute Gasteiger partial charge is 0.488 e. The summed E-state index contributed by atoms with van der Waals surface area (Å²) in [6.45, 7) is 0.376. The highest BCUT2D eigenvalue weighted by Gasteiger charge is 2.06. The first-order chi connectivity index (χ1) is 9.60. The van der Waals surface area contributed by atoms with E-state index in [1.165, 1.54) is 0 Å². The number of rotatable bonds is 4. The molecule has 0 atom stereocenters. The van der Waals surface area contributed by atoms with E-state index in [4.69, 9.17) is 21.1 Å². The molecule has 0 aliphatic heterocycles. The standard InChI is InChI=1S/C15H12BrN3O.ClH/c16-13-4-1-10(2-5-13)9-20-14-6-3-11(15(18)19)7-12(14)8-17;/h1-7H,9H2,(H3,18,19);1H. The van der Waals surface area contributed by atoms with Crippen molar-refractivity contribution in [1.82, 2.24) is 0 Å². The van der Waals surface area contributed by atoms with Crippen LogP contribution in [0.1, 0.15) is 16.7 Å². The fourth-order valence-electron chi connectivity index (χ4n) is 1.65. The summed E-state index contributed by atoms with van der Waals surface area (Å²) >= 11 is 3.37. The van der Waals surface area contributed by atoms with Gasteiger partial charge in [-0.05, 0) is 35.9 Å². The van der Waals surface area contributed by atoms with Crippen molar-refractivity contribution in [2.24, 2.45) is 5.73 Å². The first kappa shape index (κ1) is 17.0. The predicted octanol–water partition coefficient (Wildman–Crippen LogP) is 3.61. The van der Waals surface area contributed by atoms with Gasteiger partial charge in [-0.3, -0.25) is 5.41 Å². The normalized spacial score (nSPS) is 9.33. The molecule has 0 aliphatic rings. The molecule has 2 aromatic rings. The van der Waals surface area contributed by atoms with E-state index in [2.05, 4.69) is 22.0 Å². The number of ether oxygens (including phenoxy) is 1. The Morgan fingerprint density at radius 1 is 1.24 bits per heavy atom. The van der Waals surface area contributed by atoms with Crippen LogP contribution in [-0.2, 0) is 6.61 Å². The lowest BCUT2D eigenvalue weighted by Crippen LogP contribution is -2.11. The lowest BCUT2D eigenvalue weighted by atomic mass is 10.1. The van der Waals surface area contributed by atoms with Gasteiger partial charge in [0.05, 0.1) is 5.56 Å². The minimum atomic E-state index is -0.0686. The van der Waals surface area contributed by atoms with E-state index in [0.717, 1.165) is 10.0 Å². The first-order valence-electron chi connectivity index (χ1n) is 5.86. The molecule has 3 N–H and O–H groups in total. The number of hydrogen-bond acceptors (Lipinski definition) is 3. The molecule has 2 aromatic carbocycles. The van der Waals surface area contributed by atoms with Crippen molar-refractivity contribution < 1.29 is 4.74 Å². The summed E-state index contributed by atoms with van der Waals surface area (Å²) in [4.78, 5) is 0. The third-order valence-corrected chi connectivity index (χ3v) is 3.25. The highest BCUT2D eigenvalue weighted by atomic mass is 79.9. The molecule has 0 saturated carbocycles. The van der Waals surface area contributed by atoms with Crippen LogP contribution in [0.15, 0.2) is 46.9 Å². The van der Waals surface area contributed by atoms with Crippen molar-refractivity contribution in [3.8, 4) is 11.8 Å². The van der Waals surface area contributed by atoms with E-state index in [9.17, 15) is 0 Å². The Morgan fingerprint density at radius 3 is 2.48 bits per heavy atom. The van der Waals surface area contributed by atoms with E-state index in [1.54, 1.807) is 18.2 Å². The second kappa shape index (κ2) is 7.67. The summed E-state index contributed by atoms with van der Waals surface area (Å²) in [5.41, 5.74) is 7.28. The second-order valence-corrected chi connectivity index (χ2v) is 5.07. The zero-order valence-corrected chi connectivity index (χ0v) is 13.4. The van der Waals surface area contributed by atoms with Crippen molar-refractivity contribution in [3.63, 3.8) is 0 Å². The number of benzene rings is 2. The zero-order chi connectivity index (χ0) is 14.5. The molecular formula is C15H13BrClN3O. The van der Waals surface area contributed by atoms with Gasteiger partial charge in [-0.2, -0.15) is 5.26 Å². The molecule has 108 valence electrons. The van der Waals surface area contributed by atoms with Gasteiger partial charge in [-0.1, -0.05) is 28.1 Å². The van der Waals surface area contributed by atoms with Crippen molar-refractivity contribution in [1.29, 1.82) is 10.7 Å². The molecule has 0 unspecified atom stereocenters. The Labute approximate surface area is 137 Å². The second-order valence-electron chi connectivity index (χ2n) is 4.15. The van der Waals surface area contributed by atoms with E-state index in [1.807, 2.05) is 24.3 Å². The third kappa shape index (κ3) is 4.48. The monoisotopic (exact) mass is 365 g/mol. The Hall–Kier alpha value is -2.03. The maximum Gasteiger partial charge on any atom is 0.137 e. The summed E-state index contributed by atoms with van der Waals surface area (Å²) in [6, 6.07) is 14.7. The summed E-state index contributed by atoms with van der Waals surface area (Å²) < 4.78 is 6.64. The van der Waals surface area contributed by atoms with E-state index < -0.39 is 0 Å². The van der Waals surface area contributed by atoms with Crippen LogP contribution in [-0.4, -0.2) is 5.84 Å². The number of amidine groups is 1. The van der Waals surface area contributed by atoms with Crippen LogP contribution in [0.4, 0.5) is 0 Å². The molecule has 4 nitrogen and oxygen atoms in total. The lowest BCUT2D eigenvalue weighted by Gasteiger charge is -2.09. The molecule has 2 rings (SSSR count). The molecule has 0 bridgehead atoms. The zero-order valence-electron chi connectivity index (χ0n) is 11.0. The number of halogens is 2. The number of nitrogens with zero attached hydrogens (tertiary/aromatic N) is 1. The molecule has 0 amide bonds. The number of nitrogen functional groups attached to an aromatic ring is 1. The molecular weight excluding hydrogens is 354 g/mol. The van der Waals surface area contributed by atoms with Crippen LogP contribution in [0.25, 0.3) is 0 Å². The summed E-state index contributed by atoms with van der Waals surface area (Å²) in [5, 5.41) is 16.5. The smallest absolute Gasteiger partial charge is 0.137 e. The topological polar surface area (TPSA) is 82.9 Å². The van der Waals surface area contributed by atoms with Crippen molar-refractivity contribution >= 4 is 34.2 Å². The predicted molar refractivity (Wildman–Crippen MR) is 87.9 cm³/mol. The lowest BCUT2D eigenvalue weighted by molar-refractivity contribution is 0.305. The average molecular weight is 367 g/mol. The maximum absolute atomic E-state index is 9.11. The van der Waals surface area contributed by atoms with Gasteiger partial charge in [0.15, 0.2) is 0 Å². The van der Waals surface area contributed by atoms with Crippen LogP contribution in [0.2, 0.25) is 0 Å². The van der Waals surface area contributed by atoms with Crippen LogP contribution in [0, 0.1) is 16.7 Å². The molecule has 0 saturated heterocycles. The highest BCUT2D eigenvalue weighted by molar-refractivity contribution is 9.10.